The molecule has 12 heteroatoms. The van der Waals surface area contributed by atoms with Gasteiger partial charge in [0.2, 0.25) is 11.6 Å². The molecule has 0 heterocycles. The Hall–Kier alpha value is -2.03. The Morgan fingerprint density at radius 3 is 0.800 bits per heavy atom. The van der Waals surface area contributed by atoms with E-state index in [9.17, 15) is 48.5 Å². The molecule has 136 valence electrons. The van der Waals surface area contributed by atoms with Gasteiger partial charge in [0.15, 0.2) is 53.7 Å². The van der Waals surface area contributed by atoms with Gasteiger partial charge in [0, 0.05) is 0 Å². The van der Waals surface area contributed by atoms with Crippen molar-refractivity contribution in [1.82, 2.24) is 0 Å². The van der Waals surface area contributed by atoms with Crippen LogP contribution in [0.1, 0.15) is 0 Å². The molecule has 0 aliphatic heterocycles. The van der Waals surface area contributed by atoms with Crippen molar-refractivity contribution >= 4 is 17.8 Å². The molecule has 1 nitrogen and oxygen atoms in total. The van der Waals surface area contributed by atoms with Crippen LogP contribution in [0.3, 0.4) is 0 Å². The van der Waals surface area contributed by atoms with Crippen LogP contribution < -0.4 is 10.6 Å². The average molecular weight is 396 g/mol. The largest absolute Gasteiger partial charge is 0.313 e. The van der Waals surface area contributed by atoms with Crippen LogP contribution >= 0.6 is 7.14 Å². The quantitative estimate of drug-likeness (QED) is 0.325. The number of benzene rings is 2. The molecule has 0 radical (unpaired) electrons. The lowest BCUT2D eigenvalue weighted by Gasteiger charge is -2.18. The summed E-state index contributed by atoms with van der Waals surface area (Å²) in [5.74, 6) is -26.6. The molecule has 0 amide bonds. The Morgan fingerprint density at radius 1 is 0.440 bits per heavy atom. The lowest BCUT2D eigenvalue weighted by Crippen LogP contribution is -2.30. The molecule has 0 N–H and O–H groups in total. The van der Waals surface area contributed by atoms with Crippen molar-refractivity contribution in [3.63, 3.8) is 0 Å². The Bertz CT molecular complexity index is 823. The highest BCUT2D eigenvalue weighted by atomic mass is 31.2. The molecule has 0 spiro atoms. The maximum absolute atomic E-state index is 13.7. The van der Waals surface area contributed by atoms with Crippen LogP contribution in [0, 0.1) is 58.2 Å². The smallest absolute Gasteiger partial charge is 0.200 e. The van der Waals surface area contributed by atoms with Gasteiger partial charge in [-0.2, -0.15) is 0 Å². The summed E-state index contributed by atoms with van der Waals surface area (Å²) in [7, 11) is -5.49. The van der Waals surface area contributed by atoms with E-state index in [1.807, 2.05) is 0 Å². The van der Waals surface area contributed by atoms with E-state index in [0.717, 1.165) is 0 Å². The minimum Gasteiger partial charge on any atom is -0.313 e. The zero-order valence-electron chi connectivity index (χ0n) is 11.6. The first kappa shape index (κ1) is 19.3. The van der Waals surface area contributed by atoms with Crippen molar-refractivity contribution in [2.45, 2.75) is 0 Å². The van der Waals surface area contributed by atoms with Gasteiger partial charge in [-0.3, -0.25) is 0 Å². The van der Waals surface area contributed by atoms with Gasteiger partial charge in [-0.05, 0) is 6.66 Å². The minimum atomic E-state index is -5.49. The maximum Gasteiger partial charge on any atom is 0.200 e. The molecule has 0 aliphatic carbocycles. The second kappa shape index (κ2) is 6.05. The first-order valence-electron chi connectivity index (χ1n) is 5.97. The summed E-state index contributed by atoms with van der Waals surface area (Å²) in [5.41, 5.74) is 0. The van der Waals surface area contributed by atoms with E-state index in [1.165, 1.54) is 0 Å². The van der Waals surface area contributed by atoms with Crippen LogP contribution in [-0.4, -0.2) is 6.66 Å². The third-order valence-electron chi connectivity index (χ3n) is 3.23. The number of halogens is 10. The summed E-state index contributed by atoms with van der Waals surface area (Å²) in [5, 5.41) is -4.38. The van der Waals surface area contributed by atoms with Gasteiger partial charge in [0.1, 0.15) is 0 Å². The Kier molecular flexibility index (Phi) is 4.67. The maximum atomic E-state index is 13.7. The average Bonchev–Trinajstić information content (AvgIpc) is 2.54. The van der Waals surface area contributed by atoms with E-state index in [0.29, 0.717) is 0 Å². The van der Waals surface area contributed by atoms with Gasteiger partial charge >= 0.3 is 0 Å². The summed E-state index contributed by atoms with van der Waals surface area (Å²) in [4.78, 5) is 0. The fourth-order valence-electron chi connectivity index (χ4n) is 2.05. The third kappa shape index (κ3) is 2.61. The summed E-state index contributed by atoms with van der Waals surface area (Å²) in [6, 6.07) is 0. The summed E-state index contributed by atoms with van der Waals surface area (Å²) < 4.78 is 146. The zero-order valence-corrected chi connectivity index (χ0v) is 12.5. The van der Waals surface area contributed by atoms with Crippen molar-refractivity contribution in [1.29, 1.82) is 0 Å². The molecule has 0 fully saturated rings. The zero-order chi connectivity index (χ0) is 19.4. The highest BCUT2D eigenvalue weighted by molar-refractivity contribution is 7.78. The van der Waals surface area contributed by atoms with E-state index in [-0.39, 0.29) is 6.66 Å². The van der Waals surface area contributed by atoms with Crippen LogP contribution in [0.2, 0.25) is 0 Å². The number of hydrogen-bond acceptors (Lipinski definition) is 1. The molecule has 0 unspecified atom stereocenters. The molecular weight excluding hydrogens is 393 g/mol. The van der Waals surface area contributed by atoms with Crippen LogP contribution in [0.5, 0.6) is 0 Å². The normalized spacial score (nSPS) is 12.0. The summed E-state index contributed by atoms with van der Waals surface area (Å²) in [6.07, 6.45) is 0. The standard InChI is InChI=1S/C13H3F10OP/c1-25(24,12-8(20)4(16)2(14)5(17)9(12)21)13-10(22)6(18)3(15)7(19)11(13)23/h1H3. The number of hydrogen-bond donors (Lipinski definition) is 0. The molecule has 0 bridgehead atoms. The molecule has 0 aliphatic rings. The highest BCUT2D eigenvalue weighted by Gasteiger charge is 2.41. The topological polar surface area (TPSA) is 17.1 Å². The Morgan fingerprint density at radius 2 is 0.600 bits per heavy atom. The van der Waals surface area contributed by atoms with Crippen LogP contribution in [0.25, 0.3) is 0 Å². The Balaban J connectivity index is 2.99. The van der Waals surface area contributed by atoms with E-state index in [1.54, 1.807) is 0 Å². The SMILES string of the molecule is CP(=O)(c1c(F)c(F)c(F)c(F)c1F)c1c(F)c(F)c(F)c(F)c1F. The molecule has 2 aromatic carbocycles. The lowest BCUT2D eigenvalue weighted by atomic mass is 10.3. The summed E-state index contributed by atoms with van der Waals surface area (Å²) in [6.45, 7) is 0.101. The second-order valence-electron chi connectivity index (χ2n) is 4.76. The molecule has 0 atom stereocenters. The third-order valence-corrected chi connectivity index (χ3v) is 5.72. The van der Waals surface area contributed by atoms with Crippen LogP contribution in [-0.2, 0) is 4.57 Å². The molecule has 0 saturated heterocycles. The van der Waals surface area contributed by atoms with Crippen LogP contribution in [0.4, 0.5) is 43.9 Å². The van der Waals surface area contributed by atoms with Gasteiger partial charge in [0.05, 0.1) is 10.6 Å². The molecule has 2 rings (SSSR count). The summed E-state index contributed by atoms with van der Waals surface area (Å²) >= 11 is 0. The van der Waals surface area contributed by atoms with E-state index in [2.05, 4.69) is 0 Å². The van der Waals surface area contributed by atoms with Crippen molar-refractivity contribution < 1.29 is 48.5 Å². The molecule has 2 aromatic rings. The predicted octanol–water partition coefficient (Wildman–Crippen LogP) is 4.02. The van der Waals surface area contributed by atoms with Crippen LogP contribution in [0.15, 0.2) is 0 Å². The van der Waals surface area contributed by atoms with E-state index < -0.39 is 75.9 Å². The first-order valence-corrected chi connectivity index (χ1v) is 8.12. The van der Waals surface area contributed by atoms with Gasteiger partial charge in [-0.25, -0.2) is 43.9 Å². The van der Waals surface area contributed by atoms with Gasteiger partial charge in [-0.1, -0.05) is 0 Å². The van der Waals surface area contributed by atoms with Gasteiger partial charge in [0.25, 0.3) is 0 Å². The second-order valence-corrected chi connectivity index (χ2v) is 7.50. The van der Waals surface area contributed by atoms with Crippen molar-refractivity contribution in [3.05, 3.63) is 58.2 Å². The number of rotatable bonds is 2. The fraction of sp³-hybridized carbons (Fsp3) is 0.0769. The minimum absolute atomic E-state index is 0.101. The first-order chi connectivity index (χ1) is 11.4. The van der Waals surface area contributed by atoms with Crippen molar-refractivity contribution in [2.24, 2.45) is 0 Å². The monoisotopic (exact) mass is 396 g/mol. The van der Waals surface area contributed by atoms with Crippen molar-refractivity contribution in [2.75, 3.05) is 6.66 Å². The molecule has 0 saturated carbocycles. The van der Waals surface area contributed by atoms with Gasteiger partial charge < -0.3 is 4.57 Å². The van der Waals surface area contributed by atoms with Crippen molar-refractivity contribution in [3.8, 4) is 0 Å². The fourth-order valence-corrected chi connectivity index (χ4v) is 4.16. The highest BCUT2D eigenvalue weighted by Crippen LogP contribution is 2.44. The molecule has 0 aromatic heterocycles. The Labute approximate surface area is 132 Å². The van der Waals surface area contributed by atoms with Gasteiger partial charge in [-0.15, -0.1) is 0 Å². The molecular formula is C13H3F10OP. The van der Waals surface area contributed by atoms with E-state index >= 15 is 0 Å². The molecule has 25 heavy (non-hydrogen) atoms. The predicted molar refractivity (Wildman–Crippen MR) is 65.3 cm³/mol. The lowest BCUT2D eigenvalue weighted by molar-refractivity contribution is 0.381. The van der Waals surface area contributed by atoms with E-state index in [4.69, 9.17) is 0 Å².